The lowest BCUT2D eigenvalue weighted by Gasteiger charge is -2.11. The van der Waals surface area contributed by atoms with Gasteiger partial charge in [-0.05, 0) is 56.4 Å². The highest BCUT2D eigenvalue weighted by Gasteiger charge is 2.12. The summed E-state index contributed by atoms with van der Waals surface area (Å²) in [7, 11) is 4.01. The molecule has 0 aliphatic heterocycles. The fourth-order valence-corrected chi connectivity index (χ4v) is 3.10. The minimum atomic E-state index is -0.248. The highest BCUT2D eigenvalue weighted by atomic mass is 35.5. The number of hydrogen-bond donors (Lipinski definition) is 1. The van der Waals surface area contributed by atoms with Gasteiger partial charge in [-0.15, -0.1) is 24.2 Å². The Bertz CT molecular complexity index is 666. The van der Waals surface area contributed by atoms with E-state index in [9.17, 15) is 4.79 Å². The summed E-state index contributed by atoms with van der Waals surface area (Å²) < 4.78 is 5.40. The molecule has 0 atom stereocenters. The molecule has 0 spiro atoms. The molecule has 0 fully saturated rings. The highest BCUT2D eigenvalue weighted by Crippen LogP contribution is 2.25. The molecule has 5 nitrogen and oxygen atoms in total. The van der Waals surface area contributed by atoms with Crippen LogP contribution in [-0.2, 0) is 10.5 Å². The maximum Gasteiger partial charge on any atom is 0.338 e. The van der Waals surface area contributed by atoms with Gasteiger partial charge in [-0.3, -0.25) is 0 Å². The van der Waals surface area contributed by atoms with Gasteiger partial charge in [0.1, 0.15) is 0 Å². The maximum absolute atomic E-state index is 12.3. The van der Waals surface area contributed by atoms with Crippen molar-refractivity contribution in [1.82, 2.24) is 4.90 Å². The second-order valence-corrected chi connectivity index (χ2v) is 6.86. The molecular weight excluding hydrogens is 372 g/mol. The SMILES string of the molecule is CN(C)CCCOC(=O)c1ccccc1CSc1ccc(N)cc1.Cl.O. The van der Waals surface area contributed by atoms with Crippen LogP contribution in [0.4, 0.5) is 5.69 Å². The number of rotatable bonds is 8. The van der Waals surface area contributed by atoms with E-state index >= 15 is 0 Å². The van der Waals surface area contributed by atoms with Gasteiger partial charge in [0.2, 0.25) is 0 Å². The Kier molecular flexibility index (Phi) is 11.8. The first-order valence-electron chi connectivity index (χ1n) is 7.94. The molecule has 7 heteroatoms. The molecule has 0 bridgehead atoms. The number of hydrogen-bond acceptors (Lipinski definition) is 5. The quantitative estimate of drug-likeness (QED) is 0.319. The minimum absolute atomic E-state index is 0. The molecule has 0 heterocycles. The first-order chi connectivity index (χ1) is 11.6. The molecule has 0 aliphatic carbocycles. The number of halogens is 1. The summed E-state index contributed by atoms with van der Waals surface area (Å²) in [6.07, 6.45) is 0.834. The Balaban J connectivity index is 0.00000312. The number of thioether (sulfide) groups is 1. The number of esters is 1. The van der Waals surface area contributed by atoms with Gasteiger partial charge in [-0.2, -0.15) is 0 Å². The Hall–Kier alpha value is -1.73. The van der Waals surface area contributed by atoms with E-state index < -0.39 is 0 Å². The Morgan fingerprint density at radius 2 is 1.77 bits per heavy atom. The van der Waals surface area contributed by atoms with Gasteiger partial charge in [0.25, 0.3) is 0 Å². The minimum Gasteiger partial charge on any atom is -0.462 e. The van der Waals surface area contributed by atoms with E-state index in [1.54, 1.807) is 11.8 Å². The molecule has 26 heavy (non-hydrogen) atoms. The van der Waals surface area contributed by atoms with Crippen LogP contribution in [0.1, 0.15) is 22.3 Å². The van der Waals surface area contributed by atoms with Crippen LogP contribution in [-0.4, -0.2) is 43.6 Å². The highest BCUT2D eigenvalue weighted by molar-refractivity contribution is 7.98. The standard InChI is InChI=1S/C19H24N2O2S.ClH.H2O/c1-21(2)12-5-13-23-19(22)18-7-4-3-6-15(18)14-24-17-10-8-16(20)9-11-17;;/h3-4,6-11H,5,12-14,20H2,1-2H3;1H;1H2. The van der Waals surface area contributed by atoms with Crippen LogP contribution >= 0.6 is 24.2 Å². The van der Waals surface area contributed by atoms with Crippen molar-refractivity contribution in [3.05, 3.63) is 59.7 Å². The average Bonchev–Trinajstić information content (AvgIpc) is 2.58. The van der Waals surface area contributed by atoms with Gasteiger partial charge in [-0.1, -0.05) is 18.2 Å². The first kappa shape index (κ1) is 24.3. The van der Waals surface area contributed by atoms with E-state index in [2.05, 4.69) is 4.90 Å². The molecule has 2 aromatic carbocycles. The average molecular weight is 399 g/mol. The van der Waals surface area contributed by atoms with Crippen molar-refractivity contribution in [2.45, 2.75) is 17.1 Å². The monoisotopic (exact) mass is 398 g/mol. The van der Waals surface area contributed by atoms with Crippen molar-refractivity contribution < 1.29 is 15.0 Å². The number of nitrogens with zero attached hydrogens (tertiary/aromatic N) is 1. The molecule has 144 valence electrons. The van der Waals surface area contributed by atoms with E-state index in [-0.39, 0.29) is 23.9 Å². The lowest BCUT2D eigenvalue weighted by molar-refractivity contribution is 0.0492. The molecule has 0 radical (unpaired) electrons. The summed E-state index contributed by atoms with van der Waals surface area (Å²) in [4.78, 5) is 15.5. The van der Waals surface area contributed by atoms with Gasteiger partial charge in [0, 0.05) is 22.9 Å². The van der Waals surface area contributed by atoms with Gasteiger partial charge in [0.05, 0.1) is 12.2 Å². The summed E-state index contributed by atoms with van der Waals surface area (Å²) in [5, 5.41) is 0. The smallest absolute Gasteiger partial charge is 0.338 e. The number of carbonyl (C=O) groups excluding carboxylic acids is 1. The van der Waals surface area contributed by atoms with Crippen molar-refractivity contribution in [3.8, 4) is 0 Å². The van der Waals surface area contributed by atoms with Crippen LogP contribution in [0.2, 0.25) is 0 Å². The van der Waals surface area contributed by atoms with E-state index in [1.165, 1.54) is 0 Å². The van der Waals surface area contributed by atoms with E-state index in [1.807, 2.05) is 62.6 Å². The fourth-order valence-electron chi connectivity index (χ4n) is 2.19. The Labute approximate surface area is 165 Å². The number of benzene rings is 2. The third kappa shape index (κ3) is 8.10. The molecule has 0 amide bonds. The topological polar surface area (TPSA) is 87.1 Å². The van der Waals surface area contributed by atoms with Gasteiger partial charge >= 0.3 is 5.97 Å². The van der Waals surface area contributed by atoms with Crippen LogP contribution in [0.15, 0.2) is 53.4 Å². The molecule has 0 unspecified atom stereocenters. The molecule has 2 rings (SSSR count). The van der Waals surface area contributed by atoms with Crippen LogP contribution in [0.25, 0.3) is 0 Å². The molecule has 0 saturated heterocycles. The summed E-state index contributed by atoms with van der Waals surface area (Å²) >= 11 is 1.68. The summed E-state index contributed by atoms with van der Waals surface area (Å²) in [6, 6.07) is 15.4. The largest absolute Gasteiger partial charge is 0.462 e. The van der Waals surface area contributed by atoms with E-state index in [0.717, 1.165) is 29.1 Å². The van der Waals surface area contributed by atoms with E-state index in [4.69, 9.17) is 10.5 Å². The van der Waals surface area contributed by atoms with Crippen LogP contribution < -0.4 is 5.73 Å². The van der Waals surface area contributed by atoms with Crippen LogP contribution in [0.5, 0.6) is 0 Å². The number of nitrogen functional groups attached to an aromatic ring is 1. The molecule has 0 aliphatic rings. The lowest BCUT2D eigenvalue weighted by atomic mass is 10.1. The zero-order valence-corrected chi connectivity index (χ0v) is 16.7. The third-order valence-corrected chi connectivity index (χ3v) is 4.56. The van der Waals surface area contributed by atoms with Crippen LogP contribution in [0, 0.1) is 0 Å². The summed E-state index contributed by atoms with van der Waals surface area (Å²) in [5.74, 6) is 0.467. The van der Waals surface area contributed by atoms with Crippen molar-refractivity contribution in [1.29, 1.82) is 0 Å². The molecule has 2 aromatic rings. The van der Waals surface area contributed by atoms with E-state index in [0.29, 0.717) is 17.9 Å². The maximum atomic E-state index is 12.3. The third-order valence-electron chi connectivity index (χ3n) is 3.49. The van der Waals surface area contributed by atoms with Crippen molar-refractivity contribution in [2.75, 3.05) is 33.0 Å². The predicted octanol–water partition coefficient (Wildman–Crippen LogP) is 3.27. The number of anilines is 1. The first-order valence-corrected chi connectivity index (χ1v) is 8.93. The van der Waals surface area contributed by atoms with Crippen molar-refractivity contribution in [2.24, 2.45) is 0 Å². The number of ether oxygens (including phenoxy) is 1. The lowest BCUT2D eigenvalue weighted by Crippen LogP contribution is -2.16. The Morgan fingerprint density at radius 3 is 2.42 bits per heavy atom. The second kappa shape index (κ2) is 12.6. The van der Waals surface area contributed by atoms with Gasteiger partial charge < -0.3 is 20.8 Å². The predicted molar refractivity (Wildman–Crippen MR) is 111 cm³/mol. The van der Waals surface area contributed by atoms with Crippen molar-refractivity contribution in [3.63, 3.8) is 0 Å². The second-order valence-electron chi connectivity index (χ2n) is 5.81. The summed E-state index contributed by atoms with van der Waals surface area (Å²) in [5.41, 5.74) is 8.08. The van der Waals surface area contributed by atoms with Gasteiger partial charge in [-0.25, -0.2) is 4.79 Å². The summed E-state index contributed by atoms with van der Waals surface area (Å²) in [6.45, 7) is 1.35. The fraction of sp³-hybridized carbons (Fsp3) is 0.316. The zero-order chi connectivity index (χ0) is 17.4. The normalized spacial score (nSPS) is 9.96. The molecule has 4 N–H and O–H groups in total. The van der Waals surface area contributed by atoms with Crippen molar-refractivity contribution >= 4 is 35.8 Å². The molecule has 0 aromatic heterocycles. The van der Waals surface area contributed by atoms with Gasteiger partial charge in [0.15, 0.2) is 0 Å². The Morgan fingerprint density at radius 1 is 1.12 bits per heavy atom. The zero-order valence-electron chi connectivity index (χ0n) is 15.1. The number of carbonyl (C=O) groups is 1. The number of nitrogens with two attached hydrogens (primary N) is 1. The molecular formula is C19H27ClN2O3S. The van der Waals surface area contributed by atoms with Crippen LogP contribution in [0.3, 0.4) is 0 Å². The molecule has 0 saturated carbocycles.